The summed E-state index contributed by atoms with van der Waals surface area (Å²) in [6, 6.07) is 19.6. The first kappa shape index (κ1) is 21.7. The summed E-state index contributed by atoms with van der Waals surface area (Å²) in [6.45, 7) is 4.44. The molecule has 0 bridgehead atoms. The van der Waals surface area contributed by atoms with Crippen molar-refractivity contribution in [3.8, 4) is 11.5 Å². The smallest absolute Gasteiger partial charge is 0.267 e. The van der Waals surface area contributed by atoms with E-state index < -0.39 is 6.10 Å². The maximum atomic E-state index is 12.7. The SMILES string of the molecule is Cc1ccc(OCCN2C(=O)C(C)Oc3cc(NC(=O)c4ccc(Cl)cc4)ccc32)cc1. The van der Waals surface area contributed by atoms with Crippen LogP contribution < -0.4 is 19.7 Å². The Morgan fingerprint density at radius 1 is 1.09 bits per heavy atom. The Kier molecular flexibility index (Phi) is 6.32. The third kappa shape index (κ3) is 4.86. The summed E-state index contributed by atoms with van der Waals surface area (Å²) < 4.78 is 11.6. The van der Waals surface area contributed by atoms with Gasteiger partial charge in [-0.15, -0.1) is 0 Å². The van der Waals surface area contributed by atoms with Crippen LogP contribution in [0.5, 0.6) is 11.5 Å². The molecule has 164 valence electrons. The molecule has 0 radical (unpaired) electrons. The van der Waals surface area contributed by atoms with E-state index in [0.717, 1.165) is 11.3 Å². The van der Waals surface area contributed by atoms with Crippen LogP contribution in [-0.4, -0.2) is 31.1 Å². The van der Waals surface area contributed by atoms with E-state index in [2.05, 4.69) is 5.32 Å². The third-order valence-electron chi connectivity index (χ3n) is 5.14. The zero-order chi connectivity index (χ0) is 22.7. The van der Waals surface area contributed by atoms with Gasteiger partial charge in [-0.2, -0.15) is 0 Å². The lowest BCUT2D eigenvalue weighted by atomic mass is 10.1. The van der Waals surface area contributed by atoms with Crippen molar-refractivity contribution in [1.29, 1.82) is 0 Å². The van der Waals surface area contributed by atoms with Crippen LogP contribution >= 0.6 is 11.6 Å². The Hall–Kier alpha value is -3.51. The highest BCUT2D eigenvalue weighted by molar-refractivity contribution is 6.30. The average Bonchev–Trinajstić information content (AvgIpc) is 2.78. The molecule has 32 heavy (non-hydrogen) atoms. The molecule has 1 heterocycles. The van der Waals surface area contributed by atoms with E-state index >= 15 is 0 Å². The van der Waals surface area contributed by atoms with Crippen molar-refractivity contribution in [1.82, 2.24) is 0 Å². The van der Waals surface area contributed by atoms with E-state index in [1.54, 1.807) is 54.3 Å². The minimum Gasteiger partial charge on any atom is -0.492 e. The van der Waals surface area contributed by atoms with Crippen LogP contribution in [0, 0.1) is 6.92 Å². The van der Waals surface area contributed by atoms with Crippen molar-refractivity contribution >= 4 is 34.8 Å². The topological polar surface area (TPSA) is 67.9 Å². The molecular weight excluding hydrogens is 428 g/mol. The molecule has 3 aromatic carbocycles. The van der Waals surface area contributed by atoms with Crippen LogP contribution in [0.1, 0.15) is 22.8 Å². The number of ether oxygens (including phenoxy) is 2. The highest BCUT2D eigenvalue weighted by atomic mass is 35.5. The number of carbonyl (C=O) groups excluding carboxylic acids is 2. The quantitative estimate of drug-likeness (QED) is 0.567. The highest BCUT2D eigenvalue weighted by Gasteiger charge is 2.31. The number of anilines is 2. The normalized spacial score (nSPS) is 15.0. The van der Waals surface area contributed by atoms with Gasteiger partial charge in [0.2, 0.25) is 0 Å². The van der Waals surface area contributed by atoms with E-state index in [1.807, 2.05) is 31.2 Å². The molecule has 0 spiro atoms. The van der Waals surface area contributed by atoms with Crippen molar-refractivity contribution < 1.29 is 19.1 Å². The first-order chi connectivity index (χ1) is 15.4. The van der Waals surface area contributed by atoms with E-state index in [4.69, 9.17) is 21.1 Å². The number of nitrogens with zero attached hydrogens (tertiary/aromatic N) is 1. The Balaban J connectivity index is 1.46. The third-order valence-corrected chi connectivity index (χ3v) is 5.39. The number of carbonyl (C=O) groups is 2. The van der Waals surface area contributed by atoms with Crippen molar-refractivity contribution in [3.63, 3.8) is 0 Å². The van der Waals surface area contributed by atoms with Gasteiger partial charge in [-0.3, -0.25) is 9.59 Å². The standard InChI is InChI=1S/C25H23ClN2O4/c1-16-3-10-21(11-4-16)31-14-13-28-22-12-9-20(15-23(22)32-17(2)25(28)30)27-24(29)18-5-7-19(26)8-6-18/h3-12,15,17H,13-14H2,1-2H3,(H,27,29). The molecule has 3 aromatic rings. The second-order valence-electron chi connectivity index (χ2n) is 7.55. The number of rotatable bonds is 6. The lowest BCUT2D eigenvalue weighted by molar-refractivity contribution is -0.125. The molecule has 7 heteroatoms. The molecule has 1 aliphatic rings. The van der Waals surface area contributed by atoms with Crippen molar-refractivity contribution in [3.05, 3.63) is 82.9 Å². The molecule has 1 N–H and O–H groups in total. The van der Waals surface area contributed by atoms with Crippen LogP contribution in [0.3, 0.4) is 0 Å². The predicted octanol–water partition coefficient (Wildman–Crippen LogP) is 5.09. The molecule has 1 aliphatic heterocycles. The zero-order valence-electron chi connectivity index (χ0n) is 17.8. The summed E-state index contributed by atoms with van der Waals surface area (Å²) >= 11 is 5.88. The minimum atomic E-state index is -0.635. The summed E-state index contributed by atoms with van der Waals surface area (Å²) in [5, 5.41) is 3.41. The molecule has 1 atom stereocenters. The van der Waals surface area contributed by atoms with Gasteiger partial charge >= 0.3 is 0 Å². The van der Waals surface area contributed by atoms with Gasteiger partial charge in [-0.05, 0) is 62.4 Å². The van der Waals surface area contributed by atoms with Crippen LogP contribution in [0.4, 0.5) is 11.4 Å². The molecule has 6 nitrogen and oxygen atoms in total. The van der Waals surface area contributed by atoms with E-state index in [1.165, 1.54) is 0 Å². The van der Waals surface area contributed by atoms with Crippen molar-refractivity contribution in [2.75, 3.05) is 23.4 Å². The summed E-state index contributed by atoms with van der Waals surface area (Å²) in [7, 11) is 0. The zero-order valence-corrected chi connectivity index (χ0v) is 18.6. The molecule has 1 unspecified atom stereocenters. The molecule has 4 rings (SSSR count). The number of hydrogen-bond acceptors (Lipinski definition) is 4. The molecule has 0 fully saturated rings. The summed E-state index contributed by atoms with van der Waals surface area (Å²) in [6.07, 6.45) is -0.635. The monoisotopic (exact) mass is 450 g/mol. The number of aryl methyl sites for hydroxylation is 1. The van der Waals surface area contributed by atoms with Gasteiger partial charge in [-0.25, -0.2) is 0 Å². The van der Waals surface area contributed by atoms with Gasteiger partial charge in [0.15, 0.2) is 6.10 Å². The van der Waals surface area contributed by atoms with E-state index in [0.29, 0.717) is 40.9 Å². The highest BCUT2D eigenvalue weighted by Crippen LogP contribution is 2.36. The number of amides is 2. The molecule has 0 saturated heterocycles. The van der Waals surface area contributed by atoms with Crippen LogP contribution in [-0.2, 0) is 4.79 Å². The lowest BCUT2D eigenvalue weighted by Gasteiger charge is -2.33. The van der Waals surface area contributed by atoms with Crippen LogP contribution in [0.2, 0.25) is 5.02 Å². The number of nitrogens with one attached hydrogen (secondary N) is 1. The number of benzene rings is 3. The van der Waals surface area contributed by atoms with Crippen LogP contribution in [0.25, 0.3) is 0 Å². The van der Waals surface area contributed by atoms with Gasteiger partial charge in [0.05, 0.1) is 12.2 Å². The summed E-state index contributed by atoms with van der Waals surface area (Å²) in [4.78, 5) is 26.9. The van der Waals surface area contributed by atoms with E-state index in [-0.39, 0.29) is 11.8 Å². The fourth-order valence-electron chi connectivity index (χ4n) is 3.41. The predicted molar refractivity (Wildman–Crippen MR) is 125 cm³/mol. The van der Waals surface area contributed by atoms with Gasteiger partial charge in [-0.1, -0.05) is 29.3 Å². The van der Waals surface area contributed by atoms with Crippen LogP contribution in [0.15, 0.2) is 66.7 Å². The molecule has 0 aromatic heterocycles. The van der Waals surface area contributed by atoms with Gasteiger partial charge in [0, 0.05) is 22.3 Å². The van der Waals surface area contributed by atoms with E-state index in [9.17, 15) is 9.59 Å². The molecule has 2 amide bonds. The van der Waals surface area contributed by atoms with Gasteiger partial charge < -0.3 is 19.7 Å². The number of fused-ring (bicyclic) bond motifs is 1. The maximum Gasteiger partial charge on any atom is 0.267 e. The fraction of sp³-hybridized carbons (Fsp3) is 0.200. The van der Waals surface area contributed by atoms with Crippen molar-refractivity contribution in [2.24, 2.45) is 0 Å². The Labute approximate surface area is 191 Å². The summed E-state index contributed by atoms with van der Waals surface area (Å²) in [5.74, 6) is 0.888. The molecular formula is C25H23ClN2O4. The Morgan fingerprint density at radius 3 is 2.53 bits per heavy atom. The Morgan fingerprint density at radius 2 is 1.81 bits per heavy atom. The maximum absolute atomic E-state index is 12.7. The van der Waals surface area contributed by atoms with Gasteiger partial charge in [0.1, 0.15) is 18.1 Å². The largest absolute Gasteiger partial charge is 0.492 e. The lowest BCUT2D eigenvalue weighted by Crippen LogP contribution is -2.46. The van der Waals surface area contributed by atoms with Crippen molar-refractivity contribution in [2.45, 2.75) is 20.0 Å². The average molecular weight is 451 g/mol. The Bertz CT molecular complexity index is 1130. The second kappa shape index (κ2) is 9.32. The number of hydrogen-bond donors (Lipinski definition) is 1. The van der Waals surface area contributed by atoms with Gasteiger partial charge in [0.25, 0.3) is 11.8 Å². The first-order valence-corrected chi connectivity index (χ1v) is 10.7. The molecule has 0 aliphatic carbocycles. The summed E-state index contributed by atoms with van der Waals surface area (Å²) in [5.41, 5.74) is 2.86. The number of halogens is 1. The second-order valence-corrected chi connectivity index (χ2v) is 7.99. The first-order valence-electron chi connectivity index (χ1n) is 10.3. The molecule has 0 saturated carbocycles. The fourth-order valence-corrected chi connectivity index (χ4v) is 3.54. The minimum absolute atomic E-state index is 0.136.